The van der Waals surface area contributed by atoms with Crippen molar-refractivity contribution in [2.45, 2.75) is 62.3 Å². The molecule has 182 valence electrons. The van der Waals surface area contributed by atoms with Gasteiger partial charge >= 0.3 is 0 Å². The number of rotatable bonds is 8. The Morgan fingerprint density at radius 2 is 1.85 bits per heavy atom. The monoisotopic (exact) mass is 519 g/mol. The van der Waals surface area contributed by atoms with Crippen LogP contribution in [0.3, 0.4) is 0 Å². The molecule has 0 radical (unpaired) electrons. The summed E-state index contributed by atoms with van der Waals surface area (Å²) in [5, 5.41) is -0.108. The highest BCUT2D eigenvalue weighted by atomic mass is 32.2. The largest absolute Gasteiger partial charge is 0.420 e. The number of carbonyl (C=O) groups excluding carboxylic acids is 1. The second kappa shape index (κ2) is 10.6. The van der Waals surface area contributed by atoms with E-state index in [1.165, 1.54) is 17.8 Å². The Balaban J connectivity index is 1.69. The van der Waals surface area contributed by atoms with Gasteiger partial charge in [0.1, 0.15) is 4.32 Å². The molecule has 0 aliphatic carbocycles. The standard InChI is InChI=1S/C24H29N3O4S3/c1-3-4-6-15-27-22(28)19(33-24(27)32)16-20-25-21(23(31-20)26-13-7-5-8-14-26)34(29,30)18-11-9-17(2)10-12-18/h9-12,16H,3-8,13-15H2,1-2H3. The van der Waals surface area contributed by atoms with Crippen molar-refractivity contribution >= 4 is 56.0 Å². The molecule has 0 atom stereocenters. The number of piperidine rings is 1. The highest BCUT2D eigenvalue weighted by molar-refractivity contribution is 8.26. The number of anilines is 1. The lowest BCUT2D eigenvalue weighted by atomic mass is 10.1. The summed E-state index contributed by atoms with van der Waals surface area (Å²) in [5.74, 6) is 0.150. The number of thiocarbonyl (C=S) groups is 1. The molecule has 0 saturated carbocycles. The van der Waals surface area contributed by atoms with E-state index in [4.69, 9.17) is 16.6 Å². The van der Waals surface area contributed by atoms with Gasteiger partial charge in [0.15, 0.2) is 0 Å². The Kier molecular flexibility index (Phi) is 7.79. The van der Waals surface area contributed by atoms with Crippen molar-refractivity contribution in [1.82, 2.24) is 9.88 Å². The number of nitrogens with zero attached hydrogens (tertiary/aromatic N) is 3. The lowest BCUT2D eigenvalue weighted by Gasteiger charge is -2.26. The zero-order valence-corrected chi connectivity index (χ0v) is 21.9. The Morgan fingerprint density at radius 3 is 2.53 bits per heavy atom. The van der Waals surface area contributed by atoms with Crippen LogP contribution >= 0.6 is 24.0 Å². The molecule has 0 unspecified atom stereocenters. The number of thioether (sulfide) groups is 1. The van der Waals surface area contributed by atoms with Gasteiger partial charge in [-0.2, -0.15) is 4.98 Å². The van der Waals surface area contributed by atoms with E-state index in [1.54, 1.807) is 29.2 Å². The van der Waals surface area contributed by atoms with Crippen LogP contribution in [0.2, 0.25) is 0 Å². The van der Waals surface area contributed by atoms with Crippen molar-refractivity contribution in [2.24, 2.45) is 0 Å². The summed E-state index contributed by atoms with van der Waals surface area (Å²) < 4.78 is 33.5. The number of hydrogen-bond acceptors (Lipinski definition) is 8. The van der Waals surface area contributed by atoms with Crippen LogP contribution in [0.25, 0.3) is 6.08 Å². The van der Waals surface area contributed by atoms with Crippen molar-refractivity contribution in [1.29, 1.82) is 0 Å². The molecule has 34 heavy (non-hydrogen) atoms. The normalized spacial score (nSPS) is 18.4. The minimum absolute atomic E-state index is 0.0975. The van der Waals surface area contributed by atoms with Gasteiger partial charge in [0, 0.05) is 25.7 Å². The Bertz CT molecular complexity index is 1200. The highest BCUT2D eigenvalue weighted by Crippen LogP contribution is 2.36. The molecule has 3 heterocycles. The number of hydrogen-bond donors (Lipinski definition) is 0. The van der Waals surface area contributed by atoms with E-state index in [-0.39, 0.29) is 27.6 Å². The quantitative estimate of drug-likeness (QED) is 0.267. The third-order valence-electron chi connectivity index (χ3n) is 5.94. The first-order valence-electron chi connectivity index (χ1n) is 11.6. The van der Waals surface area contributed by atoms with Crippen LogP contribution < -0.4 is 4.90 Å². The first-order chi connectivity index (χ1) is 16.3. The molecular formula is C24H29N3O4S3. The summed E-state index contributed by atoms with van der Waals surface area (Å²) in [6, 6.07) is 6.69. The fourth-order valence-electron chi connectivity index (χ4n) is 4.00. The fraction of sp³-hybridized carbons (Fsp3) is 0.458. The summed E-state index contributed by atoms with van der Waals surface area (Å²) in [7, 11) is -3.90. The maximum Gasteiger partial charge on any atom is 0.266 e. The summed E-state index contributed by atoms with van der Waals surface area (Å²) in [4.78, 5) is 21.4. The topological polar surface area (TPSA) is 83.7 Å². The third kappa shape index (κ3) is 5.23. The predicted molar refractivity (Wildman–Crippen MR) is 139 cm³/mol. The van der Waals surface area contributed by atoms with Crippen molar-refractivity contribution in [3.63, 3.8) is 0 Å². The van der Waals surface area contributed by atoms with Crippen LogP contribution in [0.5, 0.6) is 0 Å². The van der Waals surface area contributed by atoms with E-state index >= 15 is 0 Å². The maximum absolute atomic E-state index is 13.5. The Hall–Kier alpha value is -2.17. The zero-order valence-electron chi connectivity index (χ0n) is 19.5. The van der Waals surface area contributed by atoms with E-state index < -0.39 is 9.84 Å². The van der Waals surface area contributed by atoms with Crippen molar-refractivity contribution in [2.75, 3.05) is 24.5 Å². The molecule has 1 amide bonds. The van der Waals surface area contributed by atoms with Gasteiger partial charge < -0.3 is 9.32 Å². The second-order valence-corrected chi connectivity index (χ2v) is 12.1. The molecular weight excluding hydrogens is 490 g/mol. The SMILES string of the molecule is CCCCCN1C(=O)C(=Cc2nc(S(=O)(=O)c3ccc(C)cc3)c(N3CCCCC3)o2)SC1=S. The number of benzene rings is 1. The number of amides is 1. The fourth-order valence-corrected chi connectivity index (χ4v) is 6.60. The number of oxazole rings is 1. The molecule has 2 fully saturated rings. The first-order valence-corrected chi connectivity index (χ1v) is 14.3. The molecule has 2 aliphatic heterocycles. The van der Waals surface area contributed by atoms with Crippen molar-refractivity contribution in [3.05, 3.63) is 40.6 Å². The maximum atomic E-state index is 13.5. The average Bonchev–Trinajstić information content (AvgIpc) is 3.37. The Morgan fingerprint density at radius 1 is 1.15 bits per heavy atom. The van der Waals surface area contributed by atoms with Gasteiger partial charge in [-0.05, 0) is 44.7 Å². The average molecular weight is 520 g/mol. The number of carbonyl (C=O) groups is 1. The number of unbranched alkanes of at least 4 members (excludes halogenated alkanes) is 2. The molecule has 1 aromatic carbocycles. The van der Waals surface area contributed by atoms with Crippen LogP contribution in [0.4, 0.5) is 5.88 Å². The molecule has 4 rings (SSSR count). The molecule has 2 aliphatic rings. The smallest absolute Gasteiger partial charge is 0.266 e. The van der Waals surface area contributed by atoms with Crippen LogP contribution in [0.1, 0.15) is 56.9 Å². The molecule has 1 aromatic heterocycles. The molecule has 10 heteroatoms. The predicted octanol–water partition coefficient (Wildman–Crippen LogP) is 5.20. The van der Waals surface area contributed by atoms with Gasteiger partial charge in [-0.15, -0.1) is 0 Å². The molecule has 2 saturated heterocycles. The molecule has 2 aromatic rings. The number of aromatic nitrogens is 1. The minimum atomic E-state index is -3.90. The van der Waals surface area contributed by atoms with Gasteiger partial charge in [0.2, 0.25) is 26.6 Å². The van der Waals surface area contributed by atoms with Crippen molar-refractivity contribution in [3.8, 4) is 0 Å². The molecule has 0 spiro atoms. The van der Waals surface area contributed by atoms with E-state index in [1.807, 2.05) is 11.8 Å². The molecule has 0 bridgehead atoms. The summed E-state index contributed by atoms with van der Waals surface area (Å²) in [6.07, 6.45) is 7.48. The van der Waals surface area contributed by atoms with Crippen LogP contribution in [0.15, 0.2) is 43.5 Å². The number of aryl methyl sites for hydroxylation is 1. The van der Waals surface area contributed by atoms with E-state index in [0.29, 0.717) is 28.9 Å². The van der Waals surface area contributed by atoms with Gasteiger partial charge in [-0.1, -0.05) is 61.4 Å². The van der Waals surface area contributed by atoms with E-state index in [2.05, 4.69) is 11.9 Å². The van der Waals surface area contributed by atoms with E-state index in [9.17, 15) is 13.2 Å². The van der Waals surface area contributed by atoms with Crippen LogP contribution in [-0.2, 0) is 14.6 Å². The zero-order chi connectivity index (χ0) is 24.3. The first kappa shape index (κ1) is 24.9. The van der Waals surface area contributed by atoms with Crippen LogP contribution in [-0.4, -0.2) is 48.2 Å². The van der Waals surface area contributed by atoms with Gasteiger partial charge in [0.05, 0.1) is 9.80 Å². The Labute approximate surface area is 210 Å². The summed E-state index contributed by atoms with van der Waals surface area (Å²) >= 11 is 6.60. The van der Waals surface area contributed by atoms with Crippen molar-refractivity contribution < 1.29 is 17.6 Å². The minimum Gasteiger partial charge on any atom is -0.420 e. The summed E-state index contributed by atoms with van der Waals surface area (Å²) in [5.41, 5.74) is 0.969. The van der Waals surface area contributed by atoms with Gasteiger partial charge in [0.25, 0.3) is 5.91 Å². The van der Waals surface area contributed by atoms with Gasteiger partial charge in [-0.3, -0.25) is 9.69 Å². The summed E-state index contributed by atoms with van der Waals surface area (Å²) in [6.45, 7) is 5.99. The molecule has 0 N–H and O–H groups in total. The lowest BCUT2D eigenvalue weighted by Crippen LogP contribution is -2.30. The van der Waals surface area contributed by atoms with Gasteiger partial charge in [-0.25, -0.2) is 8.42 Å². The van der Waals surface area contributed by atoms with Crippen LogP contribution in [0, 0.1) is 6.92 Å². The lowest BCUT2D eigenvalue weighted by molar-refractivity contribution is -0.122. The highest BCUT2D eigenvalue weighted by Gasteiger charge is 2.34. The third-order valence-corrected chi connectivity index (χ3v) is 8.98. The second-order valence-electron chi connectivity index (χ2n) is 8.57. The molecule has 7 nitrogen and oxygen atoms in total. The van der Waals surface area contributed by atoms with E-state index in [0.717, 1.165) is 44.1 Å². The number of sulfone groups is 1.